The molecule has 0 spiro atoms. The van der Waals surface area contributed by atoms with Gasteiger partial charge < -0.3 is 10.2 Å². The number of alkyl halides is 3. The van der Waals surface area contributed by atoms with Crippen molar-refractivity contribution in [1.29, 1.82) is 0 Å². The van der Waals surface area contributed by atoms with Gasteiger partial charge in [0.05, 0.1) is 39.1 Å². The van der Waals surface area contributed by atoms with Crippen LogP contribution in [0.1, 0.15) is 35.7 Å². The lowest BCUT2D eigenvalue weighted by Crippen LogP contribution is -2.44. The zero-order chi connectivity index (χ0) is 25.5. The Morgan fingerprint density at radius 1 is 1.14 bits per heavy atom. The lowest BCUT2D eigenvalue weighted by Gasteiger charge is -2.33. The van der Waals surface area contributed by atoms with Gasteiger partial charge in [0.25, 0.3) is 0 Å². The number of anilines is 1. The second kappa shape index (κ2) is 9.78. The molecule has 4 rings (SSSR count). The molecule has 1 aliphatic carbocycles. The maximum Gasteiger partial charge on any atom is 0.414 e. The topological polar surface area (TPSA) is 79.4 Å². The Labute approximate surface area is 211 Å². The zero-order valence-electron chi connectivity index (χ0n) is 18.8. The number of hydrogen-bond donors (Lipinski definition) is 1. The number of fused-ring (bicyclic) bond motifs is 1. The fraction of sp³-hybridized carbons (Fsp3) is 0.478. The molecule has 0 bridgehead atoms. The van der Waals surface area contributed by atoms with Gasteiger partial charge >= 0.3 is 6.18 Å². The molecule has 6 nitrogen and oxygen atoms in total. The Morgan fingerprint density at radius 2 is 1.83 bits per heavy atom. The Hall–Kier alpha value is -2.04. The minimum atomic E-state index is -4.75. The number of nitrogens with one attached hydrogen (secondary N) is 1. The Bertz CT molecular complexity index is 1210. The normalized spacial score (nSPS) is 20.8. The van der Waals surface area contributed by atoms with Gasteiger partial charge in [-0.1, -0.05) is 29.3 Å². The number of hydrogen-bond acceptors (Lipinski definition) is 5. The van der Waals surface area contributed by atoms with Crippen LogP contribution >= 0.6 is 23.2 Å². The second-order valence-electron chi connectivity index (χ2n) is 9.04. The average Bonchev–Trinajstić information content (AvgIpc) is 3.19. The van der Waals surface area contributed by atoms with Crippen LogP contribution in [-0.2, 0) is 27.5 Å². The number of amides is 1. The second-order valence-corrected chi connectivity index (χ2v) is 12.1. The van der Waals surface area contributed by atoms with Gasteiger partial charge in [0.15, 0.2) is 6.04 Å². The molecule has 1 N–H and O–H groups in total. The van der Waals surface area contributed by atoms with Crippen molar-refractivity contribution in [1.82, 2.24) is 9.88 Å². The molecule has 1 aromatic heterocycles. The van der Waals surface area contributed by atoms with Crippen molar-refractivity contribution in [3.63, 3.8) is 0 Å². The van der Waals surface area contributed by atoms with Crippen LogP contribution in [0.2, 0.25) is 10.0 Å². The standard InChI is InChI=1S/C23H24Cl2F3N3O3S/c1-31(22(32)13-6-8-35(33,34)9-7-13)21(23(26,27)28)19-5-3-15(12-29-19)30-16-10-14-2-4-18(24)20(25)17(14)11-16/h2-5,12-13,16,21,30H,6-11H2,1H3/t16?,21-/m0/s1. The van der Waals surface area contributed by atoms with Crippen molar-refractivity contribution >= 4 is 44.6 Å². The van der Waals surface area contributed by atoms with Crippen LogP contribution in [0.3, 0.4) is 0 Å². The first-order chi connectivity index (χ1) is 16.4. The maximum absolute atomic E-state index is 14.0. The first-order valence-electron chi connectivity index (χ1n) is 11.1. The molecule has 0 radical (unpaired) electrons. The van der Waals surface area contributed by atoms with Gasteiger partial charge in [-0.2, -0.15) is 13.2 Å². The van der Waals surface area contributed by atoms with E-state index in [4.69, 9.17) is 23.2 Å². The van der Waals surface area contributed by atoms with Crippen molar-refractivity contribution in [2.24, 2.45) is 5.92 Å². The SMILES string of the molecule is CN(C(=O)C1CCS(=O)(=O)CC1)[C@@H](c1ccc(NC2Cc3ccc(Cl)c(Cl)c3C2)cn1)C(F)(F)F. The zero-order valence-corrected chi connectivity index (χ0v) is 21.1. The predicted octanol–water partition coefficient (Wildman–Crippen LogP) is 4.85. The third-order valence-electron chi connectivity index (χ3n) is 6.60. The molecule has 2 aromatic rings. The van der Waals surface area contributed by atoms with E-state index in [0.29, 0.717) is 33.5 Å². The maximum atomic E-state index is 14.0. The first-order valence-corrected chi connectivity index (χ1v) is 13.7. The van der Waals surface area contributed by atoms with Crippen LogP contribution < -0.4 is 5.32 Å². The van der Waals surface area contributed by atoms with E-state index in [1.807, 2.05) is 6.07 Å². The number of rotatable bonds is 5. The van der Waals surface area contributed by atoms with Gasteiger partial charge in [-0.05, 0) is 55.0 Å². The average molecular weight is 550 g/mol. The number of pyridine rings is 1. The van der Waals surface area contributed by atoms with Gasteiger partial charge in [-0.15, -0.1) is 0 Å². The van der Waals surface area contributed by atoms with Crippen molar-refractivity contribution in [3.05, 3.63) is 57.3 Å². The van der Waals surface area contributed by atoms with E-state index < -0.39 is 33.9 Å². The van der Waals surface area contributed by atoms with Crippen molar-refractivity contribution in [2.75, 3.05) is 23.9 Å². The summed E-state index contributed by atoms with van der Waals surface area (Å²) in [5.41, 5.74) is 2.25. The number of halogens is 5. The van der Waals surface area contributed by atoms with Gasteiger partial charge in [0, 0.05) is 19.0 Å². The minimum absolute atomic E-state index is 0.0149. The molecule has 1 aromatic carbocycles. The molecule has 190 valence electrons. The molecule has 2 atom stereocenters. The van der Waals surface area contributed by atoms with E-state index in [2.05, 4.69) is 10.3 Å². The van der Waals surface area contributed by atoms with Crippen molar-refractivity contribution in [3.8, 4) is 0 Å². The fourth-order valence-corrected chi connectivity index (χ4v) is 6.69. The molecule has 2 aliphatic rings. The van der Waals surface area contributed by atoms with Crippen LogP contribution in [0.4, 0.5) is 18.9 Å². The first kappa shape index (κ1) is 26.0. The largest absolute Gasteiger partial charge is 0.414 e. The van der Waals surface area contributed by atoms with Gasteiger partial charge in [0.1, 0.15) is 9.84 Å². The highest BCUT2D eigenvalue weighted by molar-refractivity contribution is 7.91. The lowest BCUT2D eigenvalue weighted by atomic mass is 9.99. The molecule has 2 heterocycles. The predicted molar refractivity (Wildman–Crippen MR) is 128 cm³/mol. The van der Waals surface area contributed by atoms with Crippen LogP contribution in [0.25, 0.3) is 0 Å². The molecule has 1 unspecified atom stereocenters. The highest BCUT2D eigenvalue weighted by Gasteiger charge is 2.47. The molecular formula is C23H24Cl2F3N3O3S. The van der Waals surface area contributed by atoms with E-state index in [1.54, 1.807) is 6.07 Å². The number of carbonyl (C=O) groups excluding carboxylic acids is 1. The summed E-state index contributed by atoms with van der Waals surface area (Å²) in [5, 5.41) is 4.26. The Kier molecular flexibility index (Phi) is 7.28. The minimum Gasteiger partial charge on any atom is -0.380 e. The van der Waals surface area contributed by atoms with Crippen molar-refractivity contribution < 1.29 is 26.4 Å². The number of benzene rings is 1. The molecule has 35 heavy (non-hydrogen) atoms. The van der Waals surface area contributed by atoms with Gasteiger partial charge in [-0.3, -0.25) is 9.78 Å². The summed E-state index contributed by atoms with van der Waals surface area (Å²) in [6.45, 7) is 0. The Morgan fingerprint density at radius 3 is 2.43 bits per heavy atom. The highest BCUT2D eigenvalue weighted by Crippen LogP contribution is 2.38. The summed E-state index contributed by atoms with van der Waals surface area (Å²) < 4.78 is 65.2. The number of aromatic nitrogens is 1. The molecular weight excluding hydrogens is 526 g/mol. The quantitative estimate of drug-likeness (QED) is 0.576. The van der Waals surface area contributed by atoms with Crippen LogP contribution in [0.15, 0.2) is 30.5 Å². The molecule has 1 saturated heterocycles. The third-order valence-corrected chi connectivity index (χ3v) is 9.15. The van der Waals surface area contributed by atoms with E-state index in [0.717, 1.165) is 18.2 Å². The van der Waals surface area contributed by atoms with Gasteiger partial charge in [-0.25, -0.2) is 8.42 Å². The monoisotopic (exact) mass is 549 g/mol. The highest BCUT2D eigenvalue weighted by atomic mass is 35.5. The number of carbonyl (C=O) groups is 1. The van der Waals surface area contributed by atoms with E-state index in [9.17, 15) is 26.4 Å². The molecule has 1 aliphatic heterocycles. The van der Waals surface area contributed by atoms with E-state index in [1.165, 1.54) is 18.3 Å². The van der Waals surface area contributed by atoms with E-state index >= 15 is 0 Å². The summed E-state index contributed by atoms with van der Waals surface area (Å²) in [5.74, 6) is -1.89. The smallest absolute Gasteiger partial charge is 0.380 e. The van der Waals surface area contributed by atoms with E-state index in [-0.39, 0.29) is 36.1 Å². The summed E-state index contributed by atoms with van der Waals surface area (Å²) in [6.07, 6.45) is -2.09. The van der Waals surface area contributed by atoms with Crippen LogP contribution in [0.5, 0.6) is 0 Å². The summed E-state index contributed by atoms with van der Waals surface area (Å²) in [4.78, 5) is 17.5. The molecule has 1 fully saturated rings. The molecule has 12 heteroatoms. The van der Waals surface area contributed by atoms with Crippen LogP contribution in [-0.4, -0.2) is 55.0 Å². The van der Waals surface area contributed by atoms with Crippen LogP contribution in [0, 0.1) is 5.92 Å². The summed E-state index contributed by atoms with van der Waals surface area (Å²) in [7, 11) is -2.15. The lowest BCUT2D eigenvalue weighted by molar-refractivity contribution is -0.191. The van der Waals surface area contributed by atoms with Gasteiger partial charge in [0.2, 0.25) is 5.91 Å². The third kappa shape index (κ3) is 5.70. The fourth-order valence-electron chi connectivity index (χ4n) is 4.76. The Balaban J connectivity index is 1.46. The summed E-state index contributed by atoms with van der Waals surface area (Å²) in [6, 6.07) is 4.15. The molecule has 0 saturated carbocycles. The molecule has 1 amide bonds. The number of nitrogens with zero attached hydrogens (tertiary/aromatic N) is 2. The number of sulfone groups is 1. The van der Waals surface area contributed by atoms with Crippen molar-refractivity contribution in [2.45, 2.75) is 43.9 Å². The summed E-state index contributed by atoms with van der Waals surface area (Å²) >= 11 is 12.4.